The Morgan fingerprint density at radius 3 is 2.72 bits per heavy atom. The highest BCUT2D eigenvalue weighted by molar-refractivity contribution is 7.90. The van der Waals surface area contributed by atoms with Gasteiger partial charge in [-0.3, -0.25) is 4.90 Å². The normalized spacial score (nSPS) is 40.7. The predicted molar refractivity (Wildman–Crippen MR) is 123 cm³/mol. The van der Waals surface area contributed by atoms with E-state index in [-0.39, 0.29) is 23.8 Å². The van der Waals surface area contributed by atoms with Gasteiger partial charge in [-0.05, 0) is 69.0 Å². The molecule has 6 atom stereocenters. The Morgan fingerprint density at radius 2 is 2.03 bits per heavy atom. The summed E-state index contributed by atoms with van der Waals surface area (Å²) in [5.74, 6) is 0.762. The minimum absolute atomic E-state index is 0.0755. The summed E-state index contributed by atoms with van der Waals surface area (Å²) >= 11 is 0. The van der Waals surface area contributed by atoms with E-state index in [1.165, 1.54) is 18.4 Å². The van der Waals surface area contributed by atoms with Crippen molar-refractivity contribution in [1.29, 1.82) is 0 Å². The van der Waals surface area contributed by atoms with E-state index in [4.69, 9.17) is 9.47 Å². The molecule has 0 radical (unpaired) electrons. The quantitative estimate of drug-likeness (QED) is 0.590. The molecule has 2 aliphatic heterocycles. The van der Waals surface area contributed by atoms with Crippen LogP contribution in [0.1, 0.15) is 49.7 Å². The molecule has 4 bridgehead atoms. The number of halogens is 3. The lowest BCUT2D eigenvalue weighted by molar-refractivity contribution is -0.275. The molecule has 7 nitrogen and oxygen atoms in total. The van der Waals surface area contributed by atoms with Gasteiger partial charge in [0.1, 0.15) is 11.7 Å². The third-order valence-corrected chi connectivity index (χ3v) is 11.8. The molecule has 5 aliphatic carbocycles. The van der Waals surface area contributed by atoms with Crippen molar-refractivity contribution in [3.8, 4) is 11.5 Å². The summed E-state index contributed by atoms with van der Waals surface area (Å²) in [6.07, 6.45) is 5.57. The van der Waals surface area contributed by atoms with Crippen LogP contribution in [0.4, 0.5) is 13.2 Å². The zero-order chi connectivity index (χ0) is 25.3. The molecule has 2 heterocycles. The monoisotopic (exact) mass is 528 g/mol. The van der Waals surface area contributed by atoms with Gasteiger partial charge in [-0.2, -0.15) is 13.2 Å². The van der Waals surface area contributed by atoms with E-state index in [1.54, 1.807) is 13.2 Å². The zero-order valence-electron chi connectivity index (χ0n) is 20.1. The first kappa shape index (κ1) is 23.5. The average Bonchev–Trinajstić information content (AvgIpc) is 3.57. The van der Waals surface area contributed by atoms with E-state index in [0.717, 1.165) is 37.9 Å². The highest BCUT2D eigenvalue weighted by Crippen LogP contribution is 2.76. The van der Waals surface area contributed by atoms with Crippen LogP contribution < -0.4 is 9.46 Å². The first-order valence-electron chi connectivity index (χ1n) is 12.9. The lowest BCUT2D eigenvalue weighted by Gasteiger charge is -2.74. The number of nitrogens with zero attached hydrogens (tertiary/aromatic N) is 1. The maximum absolute atomic E-state index is 13.2. The molecule has 0 amide bonds. The van der Waals surface area contributed by atoms with Crippen LogP contribution in [0.3, 0.4) is 0 Å². The van der Waals surface area contributed by atoms with Crippen LogP contribution in [0.25, 0.3) is 0 Å². The van der Waals surface area contributed by atoms with Gasteiger partial charge in [0.15, 0.2) is 11.5 Å². The van der Waals surface area contributed by atoms with Crippen LogP contribution >= 0.6 is 0 Å². The molecule has 198 valence electrons. The number of phenolic OH excluding ortho intramolecular Hbond substituents is 1. The number of hydrogen-bond donors (Lipinski definition) is 2. The summed E-state index contributed by atoms with van der Waals surface area (Å²) in [6.45, 7) is 1.56. The number of piperidine rings is 1. The summed E-state index contributed by atoms with van der Waals surface area (Å²) in [5, 5.41) is 10.8. The van der Waals surface area contributed by atoms with Crippen molar-refractivity contribution in [2.45, 2.75) is 73.6 Å². The Labute approximate surface area is 208 Å². The number of ether oxygens (including phenoxy) is 2. The van der Waals surface area contributed by atoms with Crippen molar-refractivity contribution >= 4 is 10.0 Å². The molecule has 1 aromatic rings. The maximum Gasteiger partial charge on any atom is 0.511 e. The number of fused-ring (bicyclic) bond motifs is 2. The topological polar surface area (TPSA) is 88.1 Å². The molecule has 0 aromatic heterocycles. The van der Waals surface area contributed by atoms with Gasteiger partial charge in [0.2, 0.25) is 0 Å². The summed E-state index contributed by atoms with van der Waals surface area (Å²) in [7, 11) is -3.93. The molecule has 4 saturated carbocycles. The molecule has 1 saturated heterocycles. The third-order valence-electron chi connectivity index (χ3n) is 10.6. The van der Waals surface area contributed by atoms with E-state index in [1.807, 2.05) is 10.8 Å². The number of phenols is 1. The molecule has 1 unspecified atom stereocenters. The predicted octanol–water partition coefficient (Wildman–Crippen LogP) is 3.06. The molecule has 36 heavy (non-hydrogen) atoms. The summed E-state index contributed by atoms with van der Waals surface area (Å²) < 4.78 is 78.0. The van der Waals surface area contributed by atoms with Crippen molar-refractivity contribution < 1.29 is 36.2 Å². The fourth-order valence-corrected chi connectivity index (χ4v) is 9.67. The van der Waals surface area contributed by atoms with Gasteiger partial charge in [-0.15, -0.1) is 0 Å². The summed E-state index contributed by atoms with van der Waals surface area (Å²) in [4.78, 5) is 2.59. The number of methoxy groups -OCH3 is 1. The van der Waals surface area contributed by atoms with Gasteiger partial charge in [0, 0.05) is 48.6 Å². The SMILES string of the molecule is CO[C@]12CC[C@@]3(C[C@@H]1CNS(=O)(=O)C(F)(F)F)[C@H]1Cc4ccc(O)c5c4[C@@]3(CCN1CC1CC1)C2O5. The maximum atomic E-state index is 13.2. The van der Waals surface area contributed by atoms with Crippen LogP contribution in [-0.4, -0.2) is 68.4 Å². The molecule has 1 aromatic carbocycles. The van der Waals surface area contributed by atoms with Crippen LogP contribution in [0.2, 0.25) is 0 Å². The van der Waals surface area contributed by atoms with Crippen LogP contribution in [0.5, 0.6) is 11.5 Å². The Bertz CT molecular complexity index is 1240. The number of rotatable bonds is 6. The van der Waals surface area contributed by atoms with E-state index < -0.39 is 38.6 Å². The number of sulfonamides is 1. The zero-order valence-corrected chi connectivity index (χ0v) is 20.9. The molecule has 5 fully saturated rings. The van der Waals surface area contributed by atoms with Gasteiger partial charge in [0.25, 0.3) is 0 Å². The lowest BCUT2D eigenvalue weighted by Crippen LogP contribution is -2.81. The van der Waals surface area contributed by atoms with E-state index in [9.17, 15) is 26.7 Å². The molecule has 8 rings (SSSR count). The molecular weight excluding hydrogens is 497 g/mol. The number of likely N-dealkylation sites (tertiary alicyclic amines) is 1. The Kier molecular flexibility index (Phi) is 4.64. The molecule has 11 heteroatoms. The van der Waals surface area contributed by atoms with E-state index >= 15 is 0 Å². The second kappa shape index (κ2) is 7.09. The van der Waals surface area contributed by atoms with Gasteiger partial charge < -0.3 is 14.6 Å². The Morgan fingerprint density at radius 1 is 1.25 bits per heavy atom. The second-order valence-corrected chi connectivity index (χ2v) is 13.6. The number of benzene rings is 1. The van der Waals surface area contributed by atoms with Gasteiger partial charge >= 0.3 is 15.5 Å². The second-order valence-electron chi connectivity index (χ2n) is 11.8. The van der Waals surface area contributed by atoms with E-state index in [2.05, 4.69) is 4.90 Å². The van der Waals surface area contributed by atoms with Crippen molar-refractivity contribution in [1.82, 2.24) is 9.62 Å². The Hall–Kier alpha value is -1.56. The smallest absolute Gasteiger partial charge is 0.504 e. The fourth-order valence-electron chi connectivity index (χ4n) is 9.08. The lowest BCUT2D eigenvalue weighted by atomic mass is 9.35. The molecular formula is C25H31F3N2O5S. The molecule has 2 spiro atoms. The standard InChI is InChI=1S/C25H31F3N2O5S/c1-34-24-7-6-22(11-16(24)12-29-36(32,33)25(26,27)28)18-10-15-4-5-17(31)20-19(15)23(22,21(24)35-20)8-9-30(18)13-14-2-3-14/h4-5,14,16,18,21,29,31H,2-3,6-13H2,1H3/t16-,18-,21?,22-,23+,24-/m1/s1. The largest absolute Gasteiger partial charge is 0.511 e. The minimum atomic E-state index is -5.48. The van der Waals surface area contributed by atoms with Crippen LogP contribution in [0.15, 0.2) is 12.1 Å². The summed E-state index contributed by atoms with van der Waals surface area (Å²) in [5.41, 5.74) is -4.79. The van der Waals surface area contributed by atoms with Gasteiger partial charge in [-0.1, -0.05) is 6.07 Å². The van der Waals surface area contributed by atoms with Crippen LogP contribution in [-0.2, 0) is 26.6 Å². The van der Waals surface area contributed by atoms with E-state index in [0.29, 0.717) is 24.5 Å². The van der Waals surface area contributed by atoms with Crippen molar-refractivity contribution in [2.24, 2.45) is 17.3 Å². The van der Waals surface area contributed by atoms with Crippen LogP contribution in [0, 0.1) is 17.3 Å². The number of aromatic hydroxyl groups is 1. The van der Waals surface area contributed by atoms with Gasteiger partial charge in [-0.25, -0.2) is 13.1 Å². The van der Waals surface area contributed by atoms with Gasteiger partial charge in [0.05, 0.1) is 0 Å². The fraction of sp³-hybridized carbons (Fsp3) is 0.760. The Balaban J connectivity index is 1.36. The minimum Gasteiger partial charge on any atom is -0.504 e. The van der Waals surface area contributed by atoms with Crippen molar-refractivity contribution in [2.75, 3.05) is 26.7 Å². The summed E-state index contributed by atoms with van der Waals surface area (Å²) in [6, 6.07) is 3.87. The number of nitrogens with one attached hydrogen (secondary N) is 1. The molecule has 2 N–H and O–H groups in total. The molecule has 7 aliphatic rings. The first-order chi connectivity index (χ1) is 17.0. The number of hydrogen-bond acceptors (Lipinski definition) is 6. The average molecular weight is 529 g/mol. The highest BCUT2D eigenvalue weighted by atomic mass is 32.2. The van der Waals surface area contributed by atoms with Crippen molar-refractivity contribution in [3.63, 3.8) is 0 Å². The highest BCUT2D eigenvalue weighted by Gasteiger charge is 2.80. The third kappa shape index (κ3) is 2.68. The number of alkyl halides is 3. The van der Waals surface area contributed by atoms with Crippen molar-refractivity contribution in [3.05, 3.63) is 23.3 Å². The first-order valence-corrected chi connectivity index (χ1v) is 14.3.